The zero-order valence-electron chi connectivity index (χ0n) is 16.4. The fourth-order valence-electron chi connectivity index (χ4n) is 3.51. The normalized spacial score (nSPS) is 14.8. The fourth-order valence-corrected chi connectivity index (χ4v) is 3.51. The van der Waals surface area contributed by atoms with E-state index in [0.29, 0.717) is 44.8 Å². The third kappa shape index (κ3) is 4.57. The summed E-state index contributed by atoms with van der Waals surface area (Å²) in [6, 6.07) is 13.5. The Morgan fingerprint density at radius 3 is 2.25 bits per heavy atom. The molecule has 1 aliphatic heterocycles. The summed E-state index contributed by atoms with van der Waals surface area (Å²) in [6.07, 6.45) is 0. The number of anilines is 1. The number of benzene rings is 2. The second-order valence-corrected chi connectivity index (χ2v) is 7.00. The number of carbonyl (C=O) groups excluding carboxylic acids is 2. The molecular formula is C22H26FN3O2. The van der Waals surface area contributed by atoms with Crippen LogP contribution < -0.4 is 4.90 Å². The van der Waals surface area contributed by atoms with Gasteiger partial charge in [0.15, 0.2) is 0 Å². The predicted octanol–water partition coefficient (Wildman–Crippen LogP) is 2.95. The third-order valence-electron chi connectivity index (χ3n) is 5.13. The number of rotatable bonds is 5. The van der Waals surface area contributed by atoms with Crippen LogP contribution in [0.2, 0.25) is 0 Å². The summed E-state index contributed by atoms with van der Waals surface area (Å²) < 4.78 is 13.0. The molecule has 0 unspecified atom stereocenters. The molecular weight excluding hydrogens is 357 g/mol. The molecule has 5 nitrogen and oxygen atoms in total. The molecule has 0 spiro atoms. The summed E-state index contributed by atoms with van der Waals surface area (Å²) in [5.41, 5.74) is 2.51. The summed E-state index contributed by atoms with van der Waals surface area (Å²) >= 11 is 0. The van der Waals surface area contributed by atoms with E-state index in [1.165, 1.54) is 24.3 Å². The van der Waals surface area contributed by atoms with Crippen LogP contribution in [0.3, 0.4) is 0 Å². The number of amides is 2. The van der Waals surface area contributed by atoms with Gasteiger partial charge in [-0.1, -0.05) is 18.2 Å². The van der Waals surface area contributed by atoms with Crippen LogP contribution in [0.25, 0.3) is 0 Å². The van der Waals surface area contributed by atoms with Crippen LogP contribution in [0, 0.1) is 12.7 Å². The Morgan fingerprint density at radius 1 is 1.00 bits per heavy atom. The van der Waals surface area contributed by atoms with Gasteiger partial charge < -0.3 is 9.80 Å². The smallest absolute Gasteiger partial charge is 0.253 e. The van der Waals surface area contributed by atoms with Crippen molar-refractivity contribution in [2.24, 2.45) is 0 Å². The van der Waals surface area contributed by atoms with Gasteiger partial charge in [0.2, 0.25) is 5.91 Å². The minimum absolute atomic E-state index is 0.0649. The third-order valence-corrected chi connectivity index (χ3v) is 5.13. The molecule has 0 aliphatic carbocycles. The van der Waals surface area contributed by atoms with Crippen LogP contribution >= 0.6 is 0 Å². The van der Waals surface area contributed by atoms with Gasteiger partial charge in [-0.25, -0.2) is 4.39 Å². The number of hydrogen-bond acceptors (Lipinski definition) is 3. The molecule has 2 aromatic rings. The van der Waals surface area contributed by atoms with Crippen molar-refractivity contribution in [3.05, 3.63) is 65.5 Å². The van der Waals surface area contributed by atoms with E-state index >= 15 is 0 Å². The minimum atomic E-state index is -0.353. The molecule has 0 radical (unpaired) electrons. The molecule has 28 heavy (non-hydrogen) atoms. The van der Waals surface area contributed by atoms with Gasteiger partial charge in [-0.3, -0.25) is 14.5 Å². The number of nitrogens with zero attached hydrogens (tertiary/aromatic N) is 3. The summed E-state index contributed by atoms with van der Waals surface area (Å²) in [7, 11) is 0. The summed E-state index contributed by atoms with van der Waals surface area (Å²) in [6.45, 7) is 7.33. The van der Waals surface area contributed by atoms with E-state index in [2.05, 4.69) is 4.90 Å². The van der Waals surface area contributed by atoms with Crippen LogP contribution in [0.1, 0.15) is 22.8 Å². The van der Waals surface area contributed by atoms with E-state index in [9.17, 15) is 14.0 Å². The quantitative estimate of drug-likeness (QED) is 0.797. The summed E-state index contributed by atoms with van der Waals surface area (Å²) in [4.78, 5) is 31.0. The van der Waals surface area contributed by atoms with Gasteiger partial charge in [0, 0.05) is 44.0 Å². The van der Waals surface area contributed by atoms with E-state index in [1.54, 1.807) is 4.90 Å². The number of para-hydroxylation sites is 1. The van der Waals surface area contributed by atoms with Gasteiger partial charge in [-0.05, 0) is 49.7 Å². The highest BCUT2D eigenvalue weighted by molar-refractivity contribution is 5.96. The molecule has 1 heterocycles. The molecule has 2 aromatic carbocycles. The molecule has 0 atom stereocenters. The average molecular weight is 383 g/mol. The maximum absolute atomic E-state index is 13.0. The van der Waals surface area contributed by atoms with Crippen LogP contribution in [0.5, 0.6) is 0 Å². The second kappa shape index (κ2) is 8.97. The Morgan fingerprint density at radius 2 is 1.64 bits per heavy atom. The molecule has 1 aliphatic rings. The van der Waals surface area contributed by atoms with Crippen molar-refractivity contribution in [3.63, 3.8) is 0 Å². The summed E-state index contributed by atoms with van der Waals surface area (Å²) in [5.74, 6) is -0.384. The highest BCUT2D eigenvalue weighted by atomic mass is 19.1. The average Bonchev–Trinajstić information content (AvgIpc) is 2.70. The first kappa shape index (κ1) is 20.0. The number of likely N-dealkylation sites (N-methyl/N-ethyl adjacent to an activating group) is 1. The maximum Gasteiger partial charge on any atom is 0.253 e. The second-order valence-electron chi connectivity index (χ2n) is 7.00. The van der Waals surface area contributed by atoms with E-state index < -0.39 is 0 Å². The minimum Gasteiger partial charge on any atom is -0.336 e. The summed E-state index contributed by atoms with van der Waals surface area (Å²) in [5, 5.41) is 0. The lowest BCUT2D eigenvalue weighted by Crippen LogP contribution is -2.51. The molecule has 2 amide bonds. The molecule has 6 heteroatoms. The number of hydrogen-bond donors (Lipinski definition) is 0. The zero-order valence-corrected chi connectivity index (χ0v) is 16.4. The highest BCUT2D eigenvalue weighted by Gasteiger charge is 2.25. The first-order valence-electron chi connectivity index (χ1n) is 9.62. The number of piperazine rings is 1. The van der Waals surface area contributed by atoms with Crippen molar-refractivity contribution in [1.82, 2.24) is 9.80 Å². The standard InChI is InChI=1S/C22H26FN3O2/c1-3-26(20-7-5-4-6-17(20)2)21(27)16-24-12-14-25(15-13-24)22(28)18-8-10-19(23)11-9-18/h4-11H,3,12-16H2,1-2H3. The maximum atomic E-state index is 13.0. The lowest BCUT2D eigenvalue weighted by Gasteiger charge is -2.35. The Hall–Kier alpha value is -2.73. The molecule has 0 saturated carbocycles. The number of halogens is 1. The molecule has 1 saturated heterocycles. The van der Waals surface area contributed by atoms with E-state index in [1.807, 2.05) is 43.0 Å². The molecule has 148 valence electrons. The monoisotopic (exact) mass is 383 g/mol. The number of carbonyl (C=O) groups is 2. The Balaban J connectivity index is 1.56. The van der Waals surface area contributed by atoms with Gasteiger partial charge in [0.1, 0.15) is 5.82 Å². The van der Waals surface area contributed by atoms with Crippen molar-refractivity contribution < 1.29 is 14.0 Å². The largest absolute Gasteiger partial charge is 0.336 e. The van der Waals surface area contributed by atoms with Crippen molar-refractivity contribution in [3.8, 4) is 0 Å². The Labute approximate surface area is 165 Å². The van der Waals surface area contributed by atoms with E-state index in [-0.39, 0.29) is 17.6 Å². The van der Waals surface area contributed by atoms with Gasteiger partial charge in [0.05, 0.1) is 6.54 Å². The molecule has 0 aromatic heterocycles. The SMILES string of the molecule is CCN(C(=O)CN1CCN(C(=O)c2ccc(F)cc2)CC1)c1ccccc1C. The molecule has 1 fully saturated rings. The first-order chi connectivity index (χ1) is 13.5. The Bertz CT molecular complexity index is 830. The highest BCUT2D eigenvalue weighted by Crippen LogP contribution is 2.20. The predicted molar refractivity (Wildman–Crippen MR) is 108 cm³/mol. The van der Waals surface area contributed by atoms with E-state index in [0.717, 1.165) is 11.3 Å². The van der Waals surface area contributed by atoms with Crippen molar-refractivity contribution in [2.75, 3.05) is 44.2 Å². The van der Waals surface area contributed by atoms with E-state index in [4.69, 9.17) is 0 Å². The van der Waals surface area contributed by atoms with Crippen LogP contribution in [0.15, 0.2) is 48.5 Å². The zero-order chi connectivity index (χ0) is 20.1. The van der Waals surface area contributed by atoms with Crippen LogP contribution in [-0.2, 0) is 4.79 Å². The van der Waals surface area contributed by atoms with Crippen molar-refractivity contribution in [2.45, 2.75) is 13.8 Å². The molecule has 0 N–H and O–H groups in total. The van der Waals surface area contributed by atoms with Gasteiger partial charge in [-0.15, -0.1) is 0 Å². The van der Waals surface area contributed by atoms with Crippen LogP contribution in [-0.4, -0.2) is 60.9 Å². The Kier molecular flexibility index (Phi) is 6.41. The van der Waals surface area contributed by atoms with Gasteiger partial charge in [0.25, 0.3) is 5.91 Å². The molecule has 0 bridgehead atoms. The topological polar surface area (TPSA) is 43.9 Å². The van der Waals surface area contributed by atoms with Gasteiger partial charge in [-0.2, -0.15) is 0 Å². The molecule has 3 rings (SSSR count). The lowest BCUT2D eigenvalue weighted by atomic mass is 10.1. The van der Waals surface area contributed by atoms with Gasteiger partial charge >= 0.3 is 0 Å². The fraction of sp³-hybridized carbons (Fsp3) is 0.364. The first-order valence-corrected chi connectivity index (χ1v) is 9.62. The lowest BCUT2D eigenvalue weighted by molar-refractivity contribution is -0.120. The van der Waals surface area contributed by atoms with Crippen molar-refractivity contribution >= 4 is 17.5 Å². The van der Waals surface area contributed by atoms with Crippen molar-refractivity contribution in [1.29, 1.82) is 0 Å². The number of aryl methyl sites for hydroxylation is 1. The van der Waals surface area contributed by atoms with Crippen LogP contribution in [0.4, 0.5) is 10.1 Å².